The fourth-order valence-electron chi connectivity index (χ4n) is 9.21. The van der Waals surface area contributed by atoms with Gasteiger partial charge in [-0.15, -0.1) is 0 Å². The fraction of sp³-hybridized carbons (Fsp3) is 0.815. The van der Waals surface area contributed by atoms with Gasteiger partial charge in [0.2, 0.25) is 0 Å². The van der Waals surface area contributed by atoms with Crippen LogP contribution in [0.2, 0.25) is 0 Å². The Hall–Kier alpha value is -0.930. The first-order valence-electron chi connectivity index (χ1n) is 12.5. The van der Waals surface area contributed by atoms with Crippen LogP contribution < -0.4 is 0 Å². The molecule has 0 aromatic rings. The van der Waals surface area contributed by atoms with Crippen LogP contribution in [0.25, 0.3) is 0 Å². The minimum atomic E-state index is -0.312. The van der Waals surface area contributed by atoms with Gasteiger partial charge in [0, 0.05) is 17.8 Å². The van der Waals surface area contributed by atoms with Gasteiger partial charge in [-0.2, -0.15) is 0 Å². The molecule has 10 atom stereocenters. The van der Waals surface area contributed by atoms with E-state index in [1.54, 1.807) is 0 Å². The van der Waals surface area contributed by atoms with E-state index >= 15 is 0 Å². The van der Waals surface area contributed by atoms with Crippen LogP contribution >= 0.6 is 0 Å². The second-order valence-electron chi connectivity index (χ2n) is 12.1. The quantitative estimate of drug-likeness (QED) is 0.514. The molecular weight excluding hydrogens is 372 g/mol. The third-order valence-electron chi connectivity index (χ3n) is 10.8. The minimum absolute atomic E-state index is 0.0895. The number of ketones is 1. The summed E-state index contributed by atoms with van der Waals surface area (Å²) >= 11 is 0. The molecule has 0 amide bonds. The summed E-state index contributed by atoms with van der Waals surface area (Å²) in [5, 5.41) is 0. The van der Waals surface area contributed by atoms with Gasteiger partial charge in [0.1, 0.15) is 0 Å². The normalized spacial score (nSPS) is 56.9. The number of carbonyl (C=O) groups excluding carboxylic acids is 1. The second kappa shape index (κ2) is 6.32. The molecule has 5 fully saturated rings. The Morgan fingerprint density at radius 3 is 2.67 bits per heavy atom. The van der Waals surface area contributed by atoms with Gasteiger partial charge in [-0.05, 0) is 85.7 Å². The molecule has 0 aromatic heterocycles. The predicted octanol–water partition coefficient (Wildman–Crippen LogP) is 5.70. The van der Waals surface area contributed by atoms with Gasteiger partial charge in [-0.25, -0.2) is 0 Å². The van der Waals surface area contributed by atoms with Crippen LogP contribution in [-0.4, -0.2) is 24.3 Å². The lowest BCUT2D eigenvalue weighted by atomic mass is 9.47. The Labute approximate surface area is 181 Å². The number of allylic oxidation sites excluding steroid dienone is 4. The highest BCUT2D eigenvalue weighted by molar-refractivity contribution is 6.01. The molecule has 164 valence electrons. The molecule has 10 unspecified atom stereocenters. The van der Waals surface area contributed by atoms with Crippen molar-refractivity contribution in [3.8, 4) is 0 Å². The minimum Gasteiger partial charge on any atom is -0.349 e. The number of hydrogen-bond acceptors (Lipinski definition) is 3. The van der Waals surface area contributed by atoms with E-state index in [-0.39, 0.29) is 17.0 Å². The van der Waals surface area contributed by atoms with Crippen LogP contribution in [0.5, 0.6) is 0 Å². The summed E-state index contributed by atoms with van der Waals surface area (Å²) in [5.41, 5.74) is 1.85. The molecule has 3 heteroatoms. The largest absolute Gasteiger partial charge is 0.349 e. The third-order valence-corrected chi connectivity index (χ3v) is 10.8. The molecule has 30 heavy (non-hydrogen) atoms. The Balaban J connectivity index is 1.29. The van der Waals surface area contributed by atoms with Crippen molar-refractivity contribution in [3.63, 3.8) is 0 Å². The maximum absolute atomic E-state index is 12.0. The van der Waals surface area contributed by atoms with Crippen molar-refractivity contribution >= 4 is 5.78 Å². The van der Waals surface area contributed by atoms with E-state index in [9.17, 15) is 4.79 Å². The van der Waals surface area contributed by atoms with Crippen LogP contribution in [0.15, 0.2) is 23.8 Å². The van der Waals surface area contributed by atoms with E-state index in [2.05, 4.69) is 33.8 Å². The lowest BCUT2D eigenvalue weighted by Crippen LogP contribution is -2.52. The van der Waals surface area contributed by atoms with Crippen LogP contribution in [-0.2, 0) is 14.3 Å². The Morgan fingerprint density at radius 2 is 1.90 bits per heavy atom. The molecule has 2 heterocycles. The molecule has 0 bridgehead atoms. The van der Waals surface area contributed by atoms with Crippen molar-refractivity contribution in [3.05, 3.63) is 23.8 Å². The molecule has 0 N–H and O–H groups in total. The van der Waals surface area contributed by atoms with E-state index in [1.807, 2.05) is 12.2 Å². The zero-order valence-corrected chi connectivity index (χ0v) is 19.2. The molecule has 6 rings (SSSR count). The third kappa shape index (κ3) is 2.43. The molecule has 2 aliphatic heterocycles. The van der Waals surface area contributed by atoms with Crippen molar-refractivity contribution in [2.45, 2.75) is 84.5 Å². The summed E-state index contributed by atoms with van der Waals surface area (Å²) in [5.74, 6) is 3.83. The van der Waals surface area contributed by atoms with E-state index in [4.69, 9.17) is 9.47 Å². The van der Waals surface area contributed by atoms with Crippen LogP contribution in [0, 0.1) is 46.3 Å². The molecule has 4 aliphatic carbocycles. The highest BCUT2D eigenvalue weighted by atomic mass is 16.7. The van der Waals surface area contributed by atoms with Crippen molar-refractivity contribution < 1.29 is 14.3 Å². The van der Waals surface area contributed by atoms with Crippen LogP contribution in [0.4, 0.5) is 0 Å². The Bertz CT molecular complexity index is 818. The Kier molecular flexibility index (Phi) is 4.15. The van der Waals surface area contributed by atoms with Gasteiger partial charge >= 0.3 is 0 Å². The van der Waals surface area contributed by atoms with Crippen molar-refractivity contribution in [1.82, 2.24) is 0 Å². The highest BCUT2D eigenvalue weighted by Crippen LogP contribution is 2.70. The molecule has 6 aliphatic rings. The molecular formula is C27H38O3. The number of rotatable bonds is 0. The molecule has 3 saturated carbocycles. The maximum Gasteiger partial charge on any atom is 0.178 e. The molecule has 3 nitrogen and oxygen atoms in total. The summed E-state index contributed by atoms with van der Waals surface area (Å²) in [6, 6.07) is 0. The Morgan fingerprint density at radius 1 is 1.07 bits per heavy atom. The number of carbonyl (C=O) groups is 1. The summed E-state index contributed by atoms with van der Waals surface area (Å²) in [6.07, 6.45) is 14.8. The SMILES string of the molecule is CC1CCC2(OC1)OC1CC3C4CCC5=CC(=O)C=CC5(C)C4CCC3(C)C1C2C. The fourth-order valence-corrected chi connectivity index (χ4v) is 9.21. The maximum atomic E-state index is 12.0. The average Bonchev–Trinajstić information content (AvgIpc) is 3.16. The predicted molar refractivity (Wildman–Crippen MR) is 117 cm³/mol. The summed E-state index contributed by atoms with van der Waals surface area (Å²) < 4.78 is 13.3. The van der Waals surface area contributed by atoms with Gasteiger partial charge in [-0.3, -0.25) is 4.79 Å². The van der Waals surface area contributed by atoms with Gasteiger partial charge in [0.25, 0.3) is 0 Å². The van der Waals surface area contributed by atoms with Crippen molar-refractivity contribution in [1.29, 1.82) is 0 Å². The second-order valence-corrected chi connectivity index (χ2v) is 12.1. The van der Waals surface area contributed by atoms with Crippen LogP contribution in [0.1, 0.15) is 72.6 Å². The zero-order chi connectivity index (χ0) is 20.9. The van der Waals surface area contributed by atoms with E-state index in [0.717, 1.165) is 31.3 Å². The lowest BCUT2D eigenvalue weighted by Gasteiger charge is -2.57. The van der Waals surface area contributed by atoms with Gasteiger partial charge in [0.15, 0.2) is 11.6 Å². The topological polar surface area (TPSA) is 35.5 Å². The number of hydrogen-bond donors (Lipinski definition) is 0. The molecule has 2 saturated heterocycles. The smallest absolute Gasteiger partial charge is 0.178 e. The molecule has 0 aromatic carbocycles. The van der Waals surface area contributed by atoms with Crippen LogP contribution in [0.3, 0.4) is 0 Å². The highest BCUT2D eigenvalue weighted by Gasteiger charge is 2.68. The first-order valence-corrected chi connectivity index (χ1v) is 12.5. The number of ether oxygens (including phenoxy) is 2. The summed E-state index contributed by atoms with van der Waals surface area (Å²) in [4.78, 5) is 12.0. The summed E-state index contributed by atoms with van der Waals surface area (Å²) in [7, 11) is 0. The first kappa shape index (κ1) is 19.7. The average molecular weight is 411 g/mol. The van der Waals surface area contributed by atoms with Gasteiger partial charge in [-0.1, -0.05) is 39.3 Å². The molecule has 1 spiro atoms. The summed E-state index contributed by atoms with van der Waals surface area (Å²) in [6.45, 7) is 10.6. The van der Waals surface area contributed by atoms with Crippen molar-refractivity contribution in [2.75, 3.05) is 6.61 Å². The van der Waals surface area contributed by atoms with E-state index in [1.165, 1.54) is 37.7 Å². The monoisotopic (exact) mass is 410 g/mol. The molecule has 0 radical (unpaired) electrons. The van der Waals surface area contributed by atoms with E-state index < -0.39 is 0 Å². The van der Waals surface area contributed by atoms with E-state index in [0.29, 0.717) is 35.2 Å². The standard InChI is InChI=1S/C27H38O3/c1-16-7-12-27(29-15-16)17(2)24-23(30-27)14-22-20-6-5-18-13-19(28)8-10-25(18,3)21(20)9-11-26(22,24)4/h8,10,13,16-17,20-24H,5-7,9,11-12,14-15H2,1-4H3. The van der Waals surface area contributed by atoms with Gasteiger partial charge < -0.3 is 9.47 Å². The van der Waals surface area contributed by atoms with Gasteiger partial charge in [0.05, 0.1) is 12.7 Å². The first-order chi connectivity index (χ1) is 14.3. The lowest BCUT2D eigenvalue weighted by molar-refractivity contribution is -0.272. The zero-order valence-electron chi connectivity index (χ0n) is 19.2. The number of fused-ring (bicyclic) bond motifs is 7. The van der Waals surface area contributed by atoms with Crippen molar-refractivity contribution in [2.24, 2.45) is 46.3 Å².